The molecule has 14 heteroatoms. The average molecular weight is 955 g/mol. The zero-order chi connectivity index (χ0) is 45.5. The highest BCUT2D eigenvalue weighted by molar-refractivity contribution is 6.43. The summed E-state index contributed by atoms with van der Waals surface area (Å²) < 4.78 is 3.71. The first-order valence-electron chi connectivity index (χ1n) is 20.2. The molecular formula is C51H37Cl5N8O. The molecule has 0 bridgehead atoms. The average Bonchev–Trinajstić information content (AvgIpc) is 3.98. The van der Waals surface area contributed by atoms with Crippen LogP contribution in [0.25, 0.3) is 44.1 Å². The minimum absolute atomic E-state index is 0.246. The van der Waals surface area contributed by atoms with Gasteiger partial charge in [-0.1, -0.05) is 131 Å². The van der Waals surface area contributed by atoms with Gasteiger partial charge in [-0.05, 0) is 82.4 Å². The Morgan fingerprint density at radius 2 is 1.25 bits per heavy atom. The van der Waals surface area contributed by atoms with Crippen molar-refractivity contribution in [1.29, 1.82) is 0 Å². The second-order valence-corrected chi connectivity index (χ2v) is 17.4. The molecule has 5 aromatic heterocycles. The maximum Gasteiger partial charge on any atom is 0.173 e. The highest BCUT2D eigenvalue weighted by Gasteiger charge is 2.38. The van der Waals surface area contributed by atoms with Crippen molar-refractivity contribution in [3.8, 4) is 22.3 Å². The number of pyridine rings is 3. The van der Waals surface area contributed by atoms with Gasteiger partial charge in [0.05, 0.1) is 39.3 Å². The zero-order valence-electron chi connectivity index (χ0n) is 34.7. The van der Waals surface area contributed by atoms with Crippen LogP contribution in [0.5, 0.6) is 0 Å². The molecule has 2 unspecified atom stereocenters. The fourth-order valence-electron chi connectivity index (χ4n) is 8.18. The largest absolute Gasteiger partial charge is 0.373 e. The fraction of sp³-hybridized carbons (Fsp3) is 0.0784. The number of nitrogens with two attached hydrogens (primary N) is 1. The summed E-state index contributed by atoms with van der Waals surface area (Å²) in [4.78, 5) is 22.1. The number of benzene rings is 5. The predicted octanol–water partition coefficient (Wildman–Crippen LogP) is 12.5. The van der Waals surface area contributed by atoms with Gasteiger partial charge in [-0.25, -0.2) is 15.0 Å². The third-order valence-electron chi connectivity index (χ3n) is 11.5. The van der Waals surface area contributed by atoms with Crippen LogP contribution in [-0.2, 0) is 25.2 Å². The zero-order valence-corrected chi connectivity index (χ0v) is 38.5. The number of aromatic nitrogens is 7. The number of hydrogen-bond acceptors (Lipinski definition) is 7. The SMILES string of the molecule is Cn1ccnc1C(O)(c1ccc(Cl)cc1)c1ccc2nc(Cl)c(-c3ccccc3Cl)c(Cl)c2c1.Cn1cncc1C(N)(c1ccncc1)c1ccc2ncc(-c3ccccc3)c(Cl)c2c1. The predicted molar refractivity (Wildman–Crippen MR) is 263 cm³/mol. The lowest BCUT2D eigenvalue weighted by Crippen LogP contribution is -2.40. The van der Waals surface area contributed by atoms with Crippen LogP contribution in [0.15, 0.2) is 171 Å². The van der Waals surface area contributed by atoms with E-state index < -0.39 is 11.1 Å². The van der Waals surface area contributed by atoms with Crippen molar-refractivity contribution >= 4 is 79.8 Å². The molecule has 0 saturated heterocycles. The Balaban J connectivity index is 0.000000165. The van der Waals surface area contributed by atoms with Gasteiger partial charge >= 0.3 is 0 Å². The van der Waals surface area contributed by atoms with Crippen molar-refractivity contribution in [2.45, 2.75) is 11.1 Å². The molecule has 0 radical (unpaired) electrons. The van der Waals surface area contributed by atoms with Crippen molar-refractivity contribution in [2.75, 3.05) is 0 Å². The molecule has 322 valence electrons. The van der Waals surface area contributed by atoms with Crippen molar-refractivity contribution in [3.05, 3.63) is 230 Å². The Bertz CT molecular complexity index is 3350. The van der Waals surface area contributed by atoms with Gasteiger partial charge in [-0.3, -0.25) is 9.97 Å². The Labute approximate surface area is 399 Å². The van der Waals surface area contributed by atoms with E-state index in [2.05, 4.69) is 24.9 Å². The first-order valence-corrected chi connectivity index (χ1v) is 22.1. The van der Waals surface area contributed by atoms with E-state index in [-0.39, 0.29) is 5.15 Å². The van der Waals surface area contributed by atoms with Crippen molar-refractivity contribution in [1.82, 2.24) is 34.1 Å². The standard InChI is InChI=1S/C26H17Cl4N3O.C25H20ClN5/c1-33-13-12-31-25(33)26(34,15-6-9-17(27)10-7-15)16-8-11-21-19(14-16)23(29)22(24(30)32-21)18-4-2-3-5-20(18)28;1-31-16-29-15-23(31)25(27,18-9-11-28-12-10-18)19-7-8-22-20(13-19)24(26)21(14-30-22)17-5-3-2-4-6-17/h2-14,34H,1H3;2-16H,27H2,1H3. The molecule has 0 aliphatic rings. The number of rotatable bonds is 8. The molecule has 0 fully saturated rings. The molecule has 5 heterocycles. The number of aryl methyl sites for hydroxylation is 2. The summed E-state index contributed by atoms with van der Waals surface area (Å²) in [6.45, 7) is 0. The minimum Gasteiger partial charge on any atom is -0.373 e. The molecule has 5 aromatic carbocycles. The van der Waals surface area contributed by atoms with Gasteiger partial charge in [-0.15, -0.1) is 0 Å². The Hall–Kier alpha value is -6.14. The third-order valence-corrected chi connectivity index (χ3v) is 13.2. The van der Waals surface area contributed by atoms with Gasteiger partial charge in [0.15, 0.2) is 5.60 Å². The monoisotopic (exact) mass is 952 g/mol. The van der Waals surface area contributed by atoms with E-state index in [1.807, 2.05) is 110 Å². The number of imidazole rings is 2. The van der Waals surface area contributed by atoms with Gasteiger partial charge in [0.25, 0.3) is 0 Å². The van der Waals surface area contributed by atoms with Crippen LogP contribution in [0.1, 0.15) is 33.8 Å². The smallest absolute Gasteiger partial charge is 0.173 e. The molecule has 0 aliphatic carbocycles. The molecule has 0 aliphatic heterocycles. The lowest BCUT2D eigenvalue weighted by atomic mass is 9.81. The first kappa shape index (κ1) is 44.1. The lowest BCUT2D eigenvalue weighted by molar-refractivity contribution is 0.112. The molecule has 65 heavy (non-hydrogen) atoms. The summed E-state index contributed by atoms with van der Waals surface area (Å²) in [6, 6.07) is 39.6. The number of hydrogen-bond donors (Lipinski definition) is 2. The van der Waals surface area contributed by atoms with Crippen LogP contribution >= 0.6 is 58.0 Å². The fourth-order valence-corrected chi connectivity index (χ4v) is 9.53. The summed E-state index contributed by atoms with van der Waals surface area (Å²) >= 11 is 32.9. The van der Waals surface area contributed by atoms with Gasteiger partial charge in [0.1, 0.15) is 16.5 Å². The molecule has 9 nitrogen and oxygen atoms in total. The van der Waals surface area contributed by atoms with Crippen molar-refractivity contribution in [2.24, 2.45) is 19.8 Å². The lowest BCUT2D eigenvalue weighted by Gasteiger charge is -2.31. The quantitative estimate of drug-likeness (QED) is 0.146. The number of nitrogens with zero attached hydrogens (tertiary/aromatic N) is 7. The maximum absolute atomic E-state index is 12.2. The van der Waals surface area contributed by atoms with Crippen LogP contribution in [0.2, 0.25) is 25.2 Å². The highest BCUT2D eigenvalue weighted by Crippen LogP contribution is 2.44. The molecule has 10 rings (SSSR count). The Kier molecular flexibility index (Phi) is 12.2. The van der Waals surface area contributed by atoms with E-state index >= 15 is 0 Å². The summed E-state index contributed by atoms with van der Waals surface area (Å²) in [5.74, 6) is 0.443. The molecule has 2 atom stereocenters. The van der Waals surface area contributed by atoms with E-state index in [1.54, 1.807) is 84.3 Å². The molecule has 0 spiro atoms. The minimum atomic E-state index is -1.58. The summed E-state index contributed by atoms with van der Waals surface area (Å²) in [6.07, 6.45) is 12.3. The van der Waals surface area contributed by atoms with E-state index in [4.69, 9.17) is 63.7 Å². The number of aliphatic hydroxyl groups is 1. The Morgan fingerprint density at radius 1 is 0.585 bits per heavy atom. The van der Waals surface area contributed by atoms with Crippen LogP contribution in [-0.4, -0.2) is 39.2 Å². The van der Waals surface area contributed by atoms with Crippen LogP contribution < -0.4 is 5.73 Å². The summed E-state index contributed by atoms with van der Waals surface area (Å²) in [5.41, 5.74) is 13.0. The maximum atomic E-state index is 12.2. The van der Waals surface area contributed by atoms with Crippen LogP contribution in [0, 0.1) is 0 Å². The summed E-state index contributed by atoms with van der Waals surface area (Å²) in [5, 5.41) is 16.0. The van der Waals surface area contributed by atoms with Gasteiger partial charge < -0.3 is 20.0 Å². The number of halogens is 5. The van der Waals surface area contributed by atoms with Gasteiger partial charge in [0, 0.05) is 82.6 Å². The van der Waals surface area contributed by atoms with Crippen LogP contribution in [0.4, 0.5) is 0 Å². The van der Waals surface area contributed by atoms with E-state index in [0.717, 1.165) is 38.9 Å². The van der Waals surface area contributed by atoms with Crippen LogP contribution in [0.3, 0.4) is 0 Å². The van der Waals surface area contributed by atoms with Crippen molar-refractivity contribution < 1.29 is 5.11 Å². The third kappa shape index (κ3) is 8.04. The molecular weight excluding hydrogens is 918 g/mol. The second kappa shape index (κ2) is 18.0. The molecule has 10 aromatic rings. The Morgan fingerprint density at radius 3 is 1.94 bits per heavy atom. The molecule has 3 N–H and O–H groups in total. The topological polar surface area (TPSA) is 121 Å². The van der Waals surface area contributed by atoms with Gasteiger partial charge in [-0.2, -0.15) is 0 Å². The van der Waals surface area contributed by atoms with Crippen molar-refractivity contribution in [3.63, 3.8) is 0 Å². The normalized spacial score (nSPS) is 13.2. The first-order chi connectivity index (χ1) is 31.4. The van der Waals surface area contributed by atoms with E-state index in [1.165, 1.54) is 0 Å². The van der Waals surface area contributed by atoms with E-state index in [9.17, 15) is 5.11 Å². The molecule has 0 saturated carbocycles. The molecule has 0 amide bonds. The number of fused-ring (bicyclic) bond motifs is 2. The highest BCUT2D eigenvalue weighted by atomic mass is 35.5. The summed E-state index contributed by atoms with van der Waals surface area (Å²) in [7, 11) is 3.77. The van der Waals surface area contributed by atoms with E-state index in [0.29, 0.717) is 59.1 Å². The van der Waals surface area contributed by atoms with Gasteiger partial charge in [0.2, 0.25) is 0 Å². The second-order valence-electron chi connectivity index (χ2n) is 15.4.